The van der Waals surface area contributed by atoms with Gasteiger partial charge >= 0.3 is 11.9 Å². The second-order valence-electron chi connectivity index (χ2n) is 10.6. The van der Waals surface area contributed by atoms with Crippen LogP contribution in [0.4, 0.5) is 0 Å². The molecule has 0 aliphatic carbocycles. The summed E-state index contributed by atoms with van der Waals surface area (Å²) in [5, 5.41) is 20.2. The van der Waals surface area contributed by atoms with Crippen molar-refractivity contribution in [3.63, 3.8) is 0 Å². The maximum Gasteiger partial charge on any atom is 0.333 e. The third-order valence-electron chi connectivity index (χ3n) is 6.28. The Morgan fingerprint density at radius 3 is 1.33 bits per heavy atom. The lowest BCUT2D eigenvalue weighted by Crippen LogP contribution is -2.25. The van der Waals surface area contributed by atoms with Crippen molar-refractivity contribution in [2.45, 2.75) is 45.3 Å². The Morgan fingerprint density at radius 2 is 1.00 bits per heavy atom. The van der Waals surface area contributed by atoms with Crippen LogP contribution >= 0.6 is 0 Å². The first-order valence-corrected chi connectivity index (χ1v) is 14.0. The highest BCUT2D eigenvalue weighted by Gasteiger charge is 2.23. The Bertz CT molecular complexity index is 1080. The molecule has 0 spiro atoms. The van der Waals surface area contributed by atoms with E-state index < -0.39 is 24.1 Å². The molecule has 2 rings (SSSR count). The summed E-state index contributed by atoms with van der Waals surface area (Å²) in [7, 11) is 0. The number of carbonyl (C=O) groups excluding carboxylic acids is 2. The van der Waals surface area contributed by atoms with Crippen LogP contribution in [0.1, 0.15) is 38.8 Å². The number of hydrogen-bond acceptors (Lipinski definition) is 10. The molecule has 0 fully saturated rings. The van der Waals surface area contributed by atoms with Crippen LogP contribution < -0.4 is 9.47 Å². The van der Waals surface area contributed by atoms with Gasteiger partial charge in [0.15, 0.2) is 0 Å². The van der Waals surface area contributed by atoms with Gasteiger partial charge in [-0.2, -0.15) is 0 Å². The summed E-state index contributed by atoms with van der Waals surface area (Å²) in [6, 6.07) is 15.3. The van der Waals surface area contributed by atoms with E-state index in [0.29, 0.717) is 22.6 Å². The molecule has 10 heteroatoms. The van der Waals surface area contributed by atoms with Crippen LogP contribution in [0.15, 0.2) is 72.8 Å². The van der Waals surface area contributed by atoms with Crippen molar-refractivity contribution in [2.75, 3.05) is 52.9 Å². The van der Waals surface area contributed by atoms with Crippen LogP contribution in [0, 0.1) is 0 Å². The zero-order valence-electron chi connectivity index (χ0n) is 25.5. The van der Waals surface area contributed by atoms with E-state index in [1.807, 2.05) is 48.5 Å². The molecule has 2 unspecified atom stereocenters. The minimum atomic E-state index is -0.833. The molecular weight excluding hydrogens is 556 g/mol. The average molecular weight is 601 g/mol. The largest absolute Gasteiger partial charge is 0.491 e. The molecular formula is C33H44O10. The van der Waals surface area contributed by atoms with Crippen molar-refractivity contribution in [2.24, 2.45) is 0 Å². The van der Waals surface area contributed by atoms with Gasteiger partial charge in [0, 0.05) is 16.6 Å². The summed E-state index contributed by atoms with van der Waals surface area (Å²) in [6.45, 7) is 15.1. The number of benzene rings is 2. The Morgan fingerprint density at radius 1 is 0.651 bits per heavy atom. The third-order valence-corrected chi connectivity index (χ3v) is 6.28. The van der Waals surface area contributed by atoms with Gasteiger partial charge in [0.1, 0.15) is 50.1 Å². The molecule has 43 heavy (non-hydrogen) atoms. The quantitative estimate of drug-likeness (QED) is 0.132. The summed E-state index contributed by atoms with van der Waals surface area (Å²) < 4.78 is 31.9. The number of aliphatic hydroxyl groups excluding tert-OH is 2. The first kappa shape index (κ1) is 35.5. The maximum atomic E-state index is 11.3. The molecule has 236 valence electrons. The molecule has 10 nitrogen and oxygen atoms in total. The van der Waals surface area contributed by atoms with Crippen LogP contribution in [0.2, 0.25) is 0 Å². The number of aliphatic hydroxyl groups is 2. The first-order chi connectivity index (χ1) is 20.4. The van der Waals surface area contributed by atoms with Gasteiger partial charge in [-0.15, -0.1) is 0 Å². The summed E-state index contributed by atoms with van der Waals surface area (Å²) >= 11 is 0. The minimum absolute atomic E-state index is 0.0525. The second kappa shape index (κ2) is 18.1. The van der Waals surface area contributed by atoms with E-state index in [1.54, 1.807) is 13.8 Å². The Balaban J connectivity index is 1.73. The molecule has 0 aliphatic rings. The Labute approximate surface area is 253 Å². The predicted octanol–water partition coefficient (Wildman–Crippen LogP) is 3.76. The zero-order chi connectivity index (χ0) is 31.8. The van der Waals surface area contributed by atoms with Crippen LogP contribution in [-0.2, 0) is 34.0 Å². The number of ether oxygens (including phenoxy) is 6. The average Bonchev–Trinajstić information content (AvgIpc) is 2.98. The maximum absolute atomic E-state index is 11.3. The molecule has 0 amide bonds. The zero-order valence-corrected chi connectivity index (χ0v) is 25.5. The summed E-state index contributed by atoms with van der Waals surface area (Å²) in [4.78, 5) is 22.6. The van der Waals surface area contributed by atoms with Crippen molar-refractivity contribution in [1.82, 2.24) is 0 Å². The molecule has 2 aromatic rings. The van der Waals surface area contributed by atoms with Crippen LogP contribution in [0.5, 0.6) is 11.5 Å². The molecule has 2 N–H and O–H groups in total. The molecule has 0 saturated heterocycles. The Hall–Kier alpha value is -3.70. The molecule has 0 aliphatic heterocycles. The van der Waals surface area contributed by atoms with Crippen LogP contribution in [-0.4, -0.2) is 87.2 Å². The lowest BCUT2D eigenvalue weighted by molar-refractivity contribution is -0.141. The fourth-order valence-corrected chi connectivity index (χ4v) is 3.66. The van der Waals surface area contributed by atoms with E-state index in [9.17, 15) is 19.8 Å². The third kappa shape index (κ3) is 13.0. The van der Waals surface area contributed by atoms with Gasteiger partial charge in [0.05, 0.1) is 26.4 Å². The lowest BCUT2D eigenvalue weighted by atomic mass is 9.78. The van der Waals surface area contributed by atoms with Gasteiger partial charge < -0.3 is 38.6 Å². The standard InChI is InChI=1S/C33H44O10/c1-23(2)31(36)40-17-15-38-19-27(34)21-42-29-11-7-25(8-12-29)33(5,6)26-9-13-30(14-10-26)43-22-28(35)20-39-16-18-41-32(37)24(3)4/h7-14,27-28,34-35H,1,3,15-22H2,2,4-6H3. The fourth-order valence-electron chi connectivity index (χ4n) is 3.66. The Kier molecular flexibility index (Phi) is 14.9. The second-order valence-corrected chi connectivity index (χ2v) is 10.6. The van der Waals surface area contributed by atoms with E-state index in [4.69, 9.17) is 28.4 Å². The normalized spacial score (nSPS) is 12.6. The van der Waals surface area contributed by atoms with Crippen LogP contribution in [0.3, 0.4) is 0 Å². The summed E-state index contributed by atoms with van der Waals surface area (Å²) in [5.74, 6) is 0.290. The van der Waals surface area contributed by atoms with Crippen molar-refractivity contribution < 1.29 is 48.2 Å². The van der Waals surface area contributed by atoms with Gasteiger partial charge in [-0.05, 0) is 49.2 Å². The highest BCUT2D eigenvalue weighted by molar-refractivity contribution is 5.87. The topological polar surface area (TPSA) is 130 Å². The smallest absolute Gasteiger partial charge is 0.333 e. The lowest BCUT2D eigenvalue weighted by Gasteiger charge is -2.26. The number of rotatable bonds is 20. The van der Waals surface area contributed by atoms with Gasteiger partial charge in [-0.1, -0.05) is 51.3 Å². The van der Waals surface area contributed by atoms with Crippen molar-refractivity contribution in [3.05, 3.63) is 84.0 Å². The predicted molar refractivity (Wildman–Crippen MR) is 161 cm³/mol. The van der Waals surface area contributed by atoms with Crippen LogP contribution in [0.25, 0.3) is 0 Å². The van der Waals surface area contributed by atoms with E-state index in [0.717, 1.165) is 11.1 Å². The highest BCUT2D eigenvalue weighted by Crippen LogP contribution is 2.33. The number of esters is 2. The molecule has 0 bridgehead atoms. The number of carbonyl (C=O) groups is 2. The molecule has 0 aromatic heterocycles. The molecule has 0 radical (unpaired) electrons. The van der Waals surface area contributed by atoms with Crippen molar-refractivity contribution >= 4 is 11.9 Å². The van der Waals surface area contributed by atoms with Crippen molar-refractivity contribution in [3.8, 4) is 11.5 Å². The molecule has 2 atom stereocenters. The minimum Gasteiger partial charge on any atom is -0.491 e. The number of hydrogen-bond donors (Lipinski definition) is 2. The van der Waals surface area contributed by atoms with Gasteiger partial charge in [-0.25, -0.2) is 9.59 Å². The summed E-state index contributed by atoms with van der Waals surface area (Å²) in [6.07, 6.45) is -1.67. The summed E-state index contributed by atoms with van der Waals surface area (Å²) in [5.41, 5.74) is 2.48. The van der Waals surface area contributed by atoms with E-state index in [2.05, 4.69) is 27.0 Å². The van der Waals surface area contributed by atoms with Crippen molar-refractivity contribution in [1.29, 1.82) is 0 Å². The van der Waals surface area contributed by atoms with Gasteiger partial charge in [-0.3, -0.25) is 0 Å². The highest BCUT2D eigenvalue weighted by atomic mass is 16.6. The van der Waals surface area contributed by atoms with Gasteiger partial charge in [0.25, 0.3) is 0 Å². The SMILES string of the molecule is C=C(C)C(=O)OCCOCC(O)COc1ccc(C(C)(C)c2ccc(OCC(O)COCCOC(=O)C(=C)C)cc2)cc1. The van der Waals surface area contributed by atoms with Gasteiger partial charge in [0.2, 0.25) is 0 Å². The molecule has 2 aromatic carbocycles. The molecule has 0 heterocycles. The van der Waals surface area contributed by atoms with E-state index in [-0.39, 0.29) is 58.3 Å². The monoisotopic (exact) mass is 600 g/mol. The molecule has 0 saturated carbocycles. The first-order valence-electron chi connectivity index (χ1n) is 14.0. The fraction of sp³-hybridized carbons (Fsp3) is 0.455. The van der Waals surface area contributed by atoms with E-state index in [1.165, 1.54) is 0 Å². The van der Waals surface area contributed by atoms with E-state index >= 15 is 0 Å².